The molecule has 0 spiro atoms. The summed E-state index contributed by atoms with van der Waals surface area (Å²) >= 11 is 0. The minimum Gasteiger partial charge on any atom is -0.368 e. The Kier molecular flexibility index (Phi) is 4.47. The minimum absolute atomic E-state index is 0.247. The van der Waals surface area contributed by atoms with E-state index in [-0.39, 0.29) is 11.9 Å². The van der Waals surface area contributed by atoms with Crippen LogP contribution in [0.15, 0.2) is 36.5 Å². The third-order valence-corrected chi connectivity index (χ3v) is 3.25. The zero-order chi connectivity index (χ0) is 13.7. The van der Waals surface area contributed by atoms with Crippen molar-refractivity contribution in [2.75, 3.05) is 6.54 Å². The molecular weight excluding hydrogens is 238 g/mol. The molecule has 2 aromatic rings. The number of carbonyl (C=O) groups is 1. The summed E-state index contributed by atoms with van der Waals surface area (Å²) in [5, 5.41) is 4.32. The summed E-state index contributed by atoms with van der Waals surface area (Å²) in [5.41, 5.74) is 7.52. The summed E-state index contributed by atoms with van der Waals surface area (Å²) in [6.45, 7) is 2.67. The minimum atomic E-state index is -0.293. The second kappa shape index (κ2) is 6.29. The molecule has 19 heavy (non-hydrogen) atoms. The molecule has 100 valence electrons. The number of fused-ring (bicyclic) bond motifs is 1. The van der Waals surface area contributed by atoms with E-state index in [4.69, 9.17) is 5.73 Å². The van der Waals surface area contributed by atoms with Crippen molar-refractivity contribution in [1.82, 2.24) is 10.3 Å². The molecule has 3 N–H and O–H groups in total. The second-order valence-electron chi connectivity index (χ2n) is 4.56. The lowest BCUT2D eigenvalue weighted by molar-refractivity contribution is -0.120. The number of nitrogens with one attached hydrogen (secondary N) is 1. The van der Waals surface area contributed by atoms with E-state index in [1.165, 1.54) is 5.56 Å². The molecule has 0 aliphatic rings. The molecule has 1 aromatic heterocycles. The second-order valence-corrected chi connectivity index (χ2v) is 4.56. The molecule has 0 saturated heterocycles. The molecule has 0 saturated carbocycles. The molecule has 1 atom stereocenters. The summed E-state index contributed by atoms with van der Waals surface area (Å²) in [5.74, 6) is -0.293. The Hall–Kier alpha value is -1.94. The van der Waals surface area contributed by atoms with Crippen LogP contribution >= 0.6 is 0 Å². The highest BCUT2D eigenvalue weighted by Gasteiger charge is 2.11. The molecule has 4 nitrogen and oxygen atoms in total. The maximum absolute atomic E-state index is 11.1. The predicted octanol–water partition coefficient (Wildman–Crippen LogP) is 1.63. The van der Waals surface area contributed by atoms with E-state index in [2.05, 4.69) is 28.5 Å². The van der Waals surface area contributed by atoms with Gasteiger partial charge in [-0.25, -0.2) is 0 Å². The van der Waals surface area contributed by atoms with Crippen LogP contribution in [-0.2, 0) is 11.2 Å². The number of amides is 1. The summed E-state index contributed by atoms with van der Waals surface area (Å²) in [4.78, 5) is 15.5. The lowest BCUT2D eigenvalue weighted by atomic mass is 10.1. The van der Waals surface area contributed by atoms with Crippen LogP contribution in [-0.4, -0.2) is 23.5 Å². The van der Waals surface area contributed by atoms with Gasteiger partial charge in [-0.15, -0.1) is 0 Å². The van der Waals surface area contributed by atoms with E-state index in [1.807, 2.05) is 19.1 Å². The number of aromatic nitrogens is 1. The topological polar surface area (TPSA) is 68.0 Å². The number of nitrogens with two attached hydrogens (primary N) is 1. The van der Waals surface area contributed by atoms with Crippen molar-refractivity contribution in [3.8, 4) is 0 Å². The number of rotatable bonds is 6. The molecule has 0 fully saturated rings. The first-order valence-electron chi connectivity index (χ1n) is 6.57. The van der Waals surface area contributed by atoms with Crippen molar-refractivity contribution in [1.29, 1.82) is 0 Å². The number of hydrogen-bond donors (Lipinski definition) is 2. The Balaban J connectivity index is 2.04. The number of pyridine rings is 1. The maximum Gasteiger partial charge on any atom is 0.234 e. The zero-order valence-electron chi connectivity index (χ0n) is 11.1. The van der Waals surface area contributed by atoms with E-state index in [0.29, 0.717) is 6.42 Å². The highest BCUT2D eigenvalue weighted by Crippen LogP contribution is 2.16. The van der Waals surface area contributed by atoms with Gasteiger partial charge in [-0.2, -0.15) is 0 Å². The van der Waals surface area contributed by atoms with Gasteiger partial charge in [0.25, 0.3) is 0 Å². The van der Waals surface area contributed by atoms with Crippen molar-refractivity contribution in [3.05, 3.63) is 42.1 Å². The Morgan fingerprint density at radius 1 is 1.37 bits per heavy atom. The van der Waals surface area contributed by atoms with E-state index in [1.54, 1.807) is 6.20 Å². The van der Waals surface area contributed by atoms with Crippen LogP contribution in [0.4, 0.5) is 0 Å². The van der Waals surface area contributed by atoms with Crippen molar-refractivity contribution in [2.24, 2.45) is 5.73 Å². The van der Waals surface area contributed by atoms with Gasteiger partial charge in [0, 0.05) is 11.6 Å². The molecule has 0 radical (unpaired) electrons. The number of para-hydroxylation sites is 1. The highest BCUT2D eigenvalue weighted by molar-refractivity contribution is 5.81. The Labute approximate surface area is 113 Å². The van der Waals surface area contributed by atoms with E-state index in [0.717, 1.165) is 23.9 Å². The summed E-state index contributed by atoms with van der Waals surface area (Å²) in [6.07, 6.45) is 3.35. The fraction of sp³-hybridized carbons (Fsp3) is 0.333. The third kappa shape index (κ3) is 3.29. The molecule has 0 bridgehead atoms. The van der Waals surface area contributed by atoms with Crippen molar-refractivity contribution in [2.45, 2.75) is 25.8 Å². The summed E-state index contributed by atoms with van der Waals surface area (Å²) in [7, 11) is 0. The molecule has 1 unspecified atom stereocenters. The van der Waals surface area contributed by atoms with Crippen LogP contribution in [0.5, 0.6) is 0 Å². The average molecular weight is 257 g/mol. The monoisotopic (exact) mass is 257 g/mol. The SMILES string of the molecule is CCC(NCCc1cccc2cccnc12)C(N)=O. The van der Waals surface area contributed by atoms with Crippen LogP contribution in [0.3, 0.4) is 0 Å². The summed E-state index contributed by atoms with van der Waals surface area (Å²) < 4.78 is 0. The first-order chi connectivity index (χ1) is 9.22. The maximum atomic E-state index is 11.1. The summed E-state index contributed by atoms with van der Waals surface area (Å²) in [6, 6.07) is 9.90. The fourth-order valence-corrected chi connectivity index (χ4v) is 2.20. The van der Waals surface area contributed by atoms with Crippen LogP contribution in [0.25, 0.3) is 10.9 Å². The molecule has 0 aliphatic heterocycles. The number of nitrogens with zero attached hydrogens (tertiary/aromatic N) is 1. The first-order valence-corrected chi connectivity index (χ1v) is 6.57. The van der Waals surface area contributed by atoms with Gasteiger partial charge in [0.15, 0.2) is 0 Å². The van der Waals surface area contributed by atoms with Gasteiger partial charge < -0.3 is 11.1 Å². The standard InChI is InChI=1S/C15H19N3O/c1-2-13(15(16)19)17-10-8-12-6-3-5-11-7-4-9-18-14(11)12/h3-7,9,13,17H,2,8,10H2,1H3,(H2,16,19). The van der Waals surface area contributed by atoms with Gasteiger partial charge in [-0.05, 0) is 31.0 Å². The smallest absolute Gasteiger partial charge is 0.234 e. The highest BCUT2D eigenvalue weighted by atomic mass is 16.1. The Morgan fingerprint density at radius 2 is 2.16 bits per heavy atom. The van der Waals surface area contributed by atoms with Crippen LogP contribution in [0.2, 0.25) is 0 Å². The first kappa shape index (κ1) is 13.5. The molecule has 1 amide bonds. The van der Waals surface area contributed by atoms with E-state index >= 15 is 0 Å². The molecular formula is C15H19N3O. The van der Waals surface area contributed by atoms with Crippen molar-refractivity contribution < 1.29 is 4.79 Å². The van der Waals surface area contributed by atoms with Gasteiger partial charge in [0.2, 0.25) is 5.91 Å². The molecule has 2 rings (SSSR count). The lowest BCUT2D eigenvalue weighted by Crippen LogP contribution is -2.41. The van der Waals surface area contributed by atoms with Gasteiger partial charge >= 0.3 is 0 Å². The van der Waals surface area contributed by atoms with Crippen LogP contribution < -0.4 is 11.1 Å². The normalized spacial score (nSPS) is 12.5. The van der Waals surface area contributed by atoms with Crippen molar-refractivity contribution in [3.63, 3.8) is 0 Å². The zero-order valence-corrected chi connectivity index (χ0v) is 11.1. The lowest BCUT2D eigenvalue weighted by Gasteiger charge is -2.13. The van der Waals surface area contributed by atoms with E-state index in [9.17, 15) is 4.79 Å². The van der Waals surface area contributed by atoms with Crippen LogP contribution in [0.1, 0.15) is 18.9 Å². The molecule has 1 aromatic carbocycles. The quantitative estimate of drug-likeness (QED) is 0.826. The van der Waals surface area contributed by atoms with Gasteiger partial charge in [-0.1, -0.05) is 31.2 Å². The van der Waals surface area contributed by atoms with Gasteiger partial charge in [-0.3, -0.25) is 9.78 Å². The van der Waals surface area contributed by atoms with Gasteiger partial charge in [0.1, 0.15) is 0 Å². The number of carbonyl (C=O) groups excluding carboxylic acids is 1. The average Bonchev–Trinajstić information content (AvgIpc) is 2.43. The van der Waals surface area contributed by atoms with E-state index < -0.39 is 0 Å². The number of primary amides is 1. The third-order valence-electron chi connectivity index (χ3n) is 3.25. The Morgan fingerprint density at radius 3 is 2.89 bits per heavy atom. The number of hydrogen-bond acceptors (Lipinski definition) is 3. The molecule has 1 heterocycles. The largest absolute Gasteiger partial charge is 0.368 e. The van der Waals surface area contributed by atoms with Crippen molar-refractivity contribution >= 4 is 16.8 Å². The van der Waals surface area contributed by atoms with Crippen LogP contribution in [0, 0.1) is 0 Å². The molecule has 0 aliphatic carbocycles. The molecule has 4 heteroatoms. The predicted molar refractivity (Wildman–Crippen MR) is 76.7 cm³/mol. The fourth-order valence-electron chi connectivity index (χ4n) is 2.20. The Bertz CT molecular complexity index is 563. The van der Waals surface area contributed by atoms with Gasteiger partial charge in [0.05, 0.1) is 11.6 Å². The number of benzene rings is 1.